The number of rotatable bonds is 6. The molecule has 0 bridgehead atoms. The lowest BCUT2D eigenvalue weighted by atomic mass is 10.1. The van der Waals surface area contributed by atoms with Gasteiger partial charge in [-0.15, -0.1) is 11.3 Å². The number of aryl methyl sites for hydroxylation is 1. The molecule has 0 spiro atoms. The van der Waals surface area contributed by atoms with Crippen LogP contribution in [0.1, 0.15) is 0 Å². The van der Waals surface area contributed by atoms with Crippen LogP contribution in [0.3, 0.4) is 0 Å². The molecule has 0 aliphatic carbocycles. The molecule has 10 nitrogen and oxygen atoms in total. The van der Waals surface area contributed by atoms with Crippen LogP contribution in [0.2, 0.25) is 0 Å². The molecule has 0 unspecified atom stereocenters. The molecule has 1 N–H and O–H groups in total. The van der Waals surface area contributed by atoms with E-state index >= 15 is 0 Å². The van der Waals surface area contributed by atoms with Crippen molar-refractivity contribution in [1.82, 2.24) is 23.9 Å². The van der Waals surface area contributed by atoms with Gasteiger partial charge >= 0.3 is 11.9 Å². The third-order valence-corrected chi connectivity index (χ3v) is 5.74. The van der Waals surface area contributed by atoms with Gasteiger partial charge in [0, 0.05) is 25.0 Å². The maximum Gasteiger partial charge on any atom is 0.422 e. The van der Waals surface area contributed by atoms with Gasteiger partial charge in [-0.3, -0.25) is 18.7 Å². The molecule has 36 heavy (non-hydrogen) atoms. The van der Waals surface area contributed by atoms with Crippen molar-refractivity contribution >= 4 is 33.4 Å². The van der Waals surface area contributed by atoms with Crippen molar-refractivity contribution in [2.75, 3.05) is 11.9 Å². The smallest absolute Gasteiger partial charge is 0.422 e. The number of nitrogens with zero attached hydrogens (tertiary/aromatic N) is 5. The van der Waals surface area contributed by atoms with Crippen LogP contribution in [0.15, 0.2) is 33.3 Å². The van der Waals surface area contributed by atoms with Crippen LogP contribution in [0, 0.1) is 11.6 Å². The lowest BCUT2D eigenvalue weighted by Crippen LogP contribution is -2.37. The second-order valence-corrected chi connectivity index (χ2v) is 8.36. The Balaban J connectivity index is 1.51. The molecule has 190 valence electrons. The van der Waals surface area contributed by atoms with Crippen LogP contribution in [0.25, 0.3) is 22.3 Å². The number of hydrogen-bond donors (Lipinski definition) is 1. The monoisotopic (exact) mass is 530 g/mol. The Bertz CT molecular complexity index is 1580. The van der Waals surface area contributed by atoms with Gasteiger partial charge in [-0.05, 0) is 12.1 Å². The summed E-state index contributed by atoms with van der Waals surface area (Å²) in [7, 11) is 2.74. The fourth-order valence-corrected chi connectivity index (χ4v) is 4.03. The standard InChI is InChI=1S/C20H15F5N6O4S/c1-29-13-5-26-31(15(13)17(33)30(2)19(29)34)6-14(32)28-18-27-12(7-36-18)9-3-10(21)16(11(22)4-9)35-8-20(23,24)25/h3-5,7H,6,8H2,1-2H3,(H,27,28,32). The average Bonchev–Trinajstić information content (AvgIpc) is 3.42. The van der Waals surface area contributed by atoms with Crippen molar-refractivity contribution in [3.8, 4) is 17.0 Å². The van der Waals surface area contributed by atoms with Gasteiger partial charge in [-0.25, -0.2) is 23.2 Å². The molecule has 4 rings (SSSR count). The lowest BCUT2D eigenvalue weighted by Gasteiger charge is -2.11. The number of nitrogens with one attached hydrogen (secondary N) is 1. The fraction of sp³-hybridized carbons (Fsp3) is 0.250. The number of halogens is 5. The first-order valence-electron chi connectivity index (χ1n) is 9.91. The van der Waals surface area contributed by atoms with Crippen molar-refractivity contribution in [1.29, 1.82) is 0 Å². The summed E-state index contributed by atoms with van der Waals surface area (Å²) in [6.07, 6.45) is -3.50. The first-order chi connectivity index (χ1) is 16.9. The van der Waals surface area contributed by atoms with Crippen LogP contribution < -0.4 is 21.3 Å². The molecule has 3 aromatic heterocycles. The van der Waals surface area contributed by atoms with E-state index in [1.807, 2.05) is 0 Å². The summed E-state index contributed by atoms with van der Waals surface area (Å²) < 4.78 is 72.5. The number of amides is 1. The number of ether oxygens (including phenoxy) is 1. The first-order valence-corrected chi connectivity index (χ1v) is 10.8. The number of benzene rings is 1. The van der Waals surface area contributed by atoms with E-state index in [4.69, 9.17) is 0 Å². The van der Waals surface area contributed by atoms with Gasteiger partial charge in [-0.2, -0.15) is 18.3 Å². The lowest BCUT2D eigenvalue weighted by molar-refractivity contribution is -0.154. The van der Waals surface area contributed by atoms with E-state index in [0.717, 1.165) is 32.7 Å². The van der Waals surface area contributed by atoms with Crippen molar-refractivity contribution in [3.05, 3.63) is 56.2 Å². The maximum absolute atomic E-state index is 14.2. The van der Waals surface area contributed by atoms with E-state index in [9.17, 15) is 36.3 Å². The Kier molecular flexibility index (Phi) is 6.38. The Morgan fingerprint density at radius 3 is 2.44 bits per heavy atom. The van der Waals surface area contributed by atoms with E-state index in [2.05, 4.69) is 20.1 Å². The summed E-state index contributed by atoms with van der Waals surface area (Å²) in [4.78, 5) is 41.1. The largest absolute Gasteiger partial charge is 0.478 e. The van der Waals surface area contributed by atoms with Crippen molar-refractivity contribution < 1.29 is 31.5 Å². The van der Waals surface area contributed by atoms with Gasteiger partial charge in [0.1, 0.15) is 6.54 Å². The number of hydrogen-bond acceptors (Lipinski definition) is 7. The fourth-order valence-electron chi connectivity index (χ4n) is 3.29. The Morgan fingerprint density at radius 1 is 1.14 bits per heavy atom. The maximum atomic E-state index is 14.2. The molecular formula is C20H15F5N6O4S. The highest BCUT2D eigenvalue weighted by Crippen LogP contribution is 2.31. The number of aromatic nitrogens is 5. The van der Waals surface area contributed by atoms with Gasteiger partial charge in [0.05, 0.1) is 17.4 Å². The highest BCUT2D eigenvalue weighted by Gasteiger charge is 2.30. The van der Waals surface area contributed by atoms with Gasteiger partial charge in [0.2, 0.25) is 5.91 Å². The SMILES string of the molecule is Cn1c(=O)c2c(cnn2CC(=O)Nc2nc(-c3cc(F)c(OCC(F)(F)F)c(F)c3)cs2)n(C)c1=O. The van der Waals surface area contributed by atoms with Gasteiger partial charge in [0.15, 0.2) is 34.6 Å². The second-order valence-electron chi connectivity index (χ2n) is 7.50. The van der Waals surface area contributed by atoms with Crippen LogP contribution in [-0.2, 0) is 25.4 Å². The number of fused-ring (bicyclic) bond motifs is 1. The quantitative estimate of drug-likeness (QED) is 0.383. The number of carbonyl (C=O) groups excluding carboxylic acids is 1. The number of thiazole rings is 1. The van der Waals surface area contributed by atoms with Crippen LogP contribution in [0.4, 0.5) is 27.1 Å². The summed E-state index contributed by atoms with van der Waals surface area (Å²) in [6, 6.07) is 1.51. The van der Waals surface area contributed by atoms with E-state index in [1.165, 1.54) is 30.2 Å². The molecule has 0 saturated carbocycles. The van der Waals surface area contributed by atoms with Gasteiger partial charge in [0.25, 0.3) is 5.56 Å². The Hall–Kier alpha value is -4.08. The third kappa shape index (κ3) is 4.84. The zero-order valence-corrected chi connectivity index (χ0v) is 19.2. The van der Waals surface area contributed by atoms with E-state index in [0.29, 0.717) is 0 Å². The van der Waals surface area contributed by atoms with Crippen LogP contribution >= 0.6 is 11.3 Å². The van der Waals surface area contributed by atoms with E-state index in [-0.39, 0.29) is 27.4 Å². The molecule has 0 fully saturated rings. The minimum absolute atomic E-state index is 0.0355. The molecule has 0 aliphatic heterocycles. The molecule has 1 amide bonds. The normalized spacial score (nSPS) is 11.8. The molecule has 16 heteroatoms. The summed E-state index contributed by atoms with van der Waals surface area (Å²) in [6.45, 7) is -2.26. The first kappa shape index (κ1) is 25.0. The zero-order valence-electron chi connectivity index (χ0n) is 18.4. The molecule has 3 heterocycles. The molecule has 0 radical (unpaired) electrons. The molecule has 4 aromatic rings. The van der Waals surface area contributed by atoms with Gasteiger partial charge < -0.3 is 10.1 Å². The summed E-state index contributed by atoms with van der Waals surface area (Å²) in [5, 5.41) is 7.87. The average molecular weight is 530 g/mol. The van der Waals surface area contributed by atoms with Crippen molar-refractivity contribution in [3.63, 3.8) is 0 Å². The number of carbonyl (C=O) groups is 1. The highest BCUT2D eigenvalue weighted by molar-refractivity contribution is 7.14. The minimum Gasteiger partial charge on any atom is -0.478 e. The van der Waals surface area contributed by atoms with Crippen molar-refractivity contribution in [2.24, 2.45) is 14.1 Å². The molecule has 0 aliphatic rings. The number of anilines is 1. The molecular weight excluding hydrogens is 515 g/mol. The molecule has 0 atom stereocenters. The van der Waals surface area contributed by atoms with Crippen LogP contribution in [-0.4, -0.2) is 42.6 Å². The minimum atomic E-state index is -4.77. The zero-order chi connectivity index (χ0) is 26.4. The summed E-state index contributed by atoms with van der Waals surface area (Å²) in [5.74, 6) is -4.51. The predicted molar refractivity (Wildman–Crippen MR) is 118 cm³/mol. The van der Waals surface area contributed by atoms with Crippen LogP contribution in [0.5, 0.6) is 5.75 Å². The van der Waals surface area contributed by atoms with Gasteiger partial charge in [-0.1, -0.05) is 0 Å². The highest BCUT2D eigenvalue weighted by atomic mass is 32.1. The van der Waals surface area contributed by atoms with Crippen molar-refractivity contribution in [2.45, 2.75) is 12.7 Å². The second kappa shape index (κ2) is 9.18. The Labute approximate surface area is 201 Å². The number of alkyl halides is 3. The summed E-state index contributed by atoms with van der Waals surface area (Å²) >= 11 is 0.920. The molecule has 0 saturated heterocycles. The topological polar surface area (TPSA) is 113 Å². The molecule has 1 aromatic carbocycles. The Morgan fingerprint density at radius 2 is 1.81 bits per heavy atom. The van der Waals surface area contributed by atoms with E-state index < -0.39 is 53.9 Å². The summed E-state index contributed by atoms with van der Waals surface area (Å²) in [5.41, 5.74) is -0.971. The predicted octanol–water partition coefficient (Wildman–Crippen LogP) is 2.42. The van der Waals surface area contributed by atoms with E-state index in [1.54, 1.807) is 0 Å². The third-order valence-electron chi connectivity index (χ3n) is 4.98.